The normalized spacial score (nSPS) is 17.9. The van der Waals surface area contributed by atoms with Crippen LogP contribution in [0.25, 0.3) is 0 Å². The molecular weight excluding hydrogens is 310 g/mol. The van der Waals surface area contributed by atoms with Crippen LogP contribution in [0.15, 0.2) is 12.1 Å². The summed E-state index contributed by atoms with van der Waals surface area (Å²) in [5, 5.41) is 20.7. The lowest BCUT2D eigenvalue weighted by Crippen LogP contribution is -2.43. The number of nitrogens with one attached hydrogen (secondary N) is 3. The zero-order valence-corrected chi connectivity index (χ0v) is 13.8. The van der Waals surface area contributed by atoms with Gasteiger partial charge in [0.05, 0.1) is 11.5 Å². The first-order valence-corrected chi connectivity index (χ1v) is 8.32. The third-order valence-electron chi connectivity index (χ3n) is 4.76. The van der Waals surface area contributed by atoms with E-state index in [1.807, 2.05) is 0 Å². The van der Waals surface area contributed by atoms with Gasteiger partial charge in [-0.2, -0.15) is 0 Å². The molecule has 1 saturated heterocycles. The number of nitro benzene ring substituents is 1. The lowest BCUT2D eigenvalue weighted by molar-refractivity contribution is -0.384. The van der Waals surface area contributed by atoms with Crippen molar-refractivity contribution in [3.05, 3.63) is 27.8 Å². The lowest BCUT2D eigenvalue weighted by Gasteiger charge is -2.32. The summed E-state index contributed by atoms with van der Waals surface area (Å²) < 4.78 is 0. The molecule has 1 aromatic rings. The number of piperidine rings is 1. The highest BCUT2D eigenvalue weighted by Gasteiger charge is 2.27. The quantitative estimate of drug-likeness (QED) is 0.553. The second kappa shape index (κ2) is 7.04. The van der Waals surface area contributed by atoms with Crippen LogP contribution in [0, 0.1) is 10.1 Å². The molecule has 2 heterocycles. The first-order valence-electron chi connectivity index (χ1n) is 8.32. The Balaban J connectivity index is 1.68. The molecular formula is C16H23N5O3. The van der Waals surface area contributed by atoms with Gasteiger partial charge in [0, 0.05) is 50.0 Å². The molecule has 8 nitrogen and oxygen atoms in total. The molecule has 130 valence electrons. The van der Waals surface area contributed by atoms with Crippen LogP contribution in [0.3, 0.4) is 0 Å². The Kier molecular flexibility index (Phi) is 4.84. The maximum atomic E-state index is 11.4. The fourth-order valence-corrected chi connectivity index (χ4v) is 3.42. The smallest absolute Gasteiger partial charge is 0.292 e. The van der Waals surface area contributed by atoms with Gasteiger partial charge in [0.1, 0.15) is 5.69 Å². The number of carbonyl (C=O) groups excluding carboxylic acids is 1. The van der Waals surface area contributed by atoms with Crippen molar-refractivity contribution in [1.82, 2.24) is 10.2 Å². The van der Waals surface area contributed by atoms with Gasteiger partial charge >= 0.3 is 0 Å². The molecule has 1 amide bonds. The summed E-state index contributed by atoms with van der Waals surface area (Å²) in [6, 6.07) is 3.55. The van der Waals surface area contributed by atoms with Crippen LogP contribution < -0.4 is 16.0 Å². The van der Waals surface area contributed by atoms with Gasteiger partial charge in [-0.05, 0) is 25.3 Å². The Morgan fingerprint density at radius 3 is 2.83 bits per heavy atom. The molecule has 3 rings (SSSR count). The summed E-state index contributed by atoms with van der Waals surface area (Å²) in [5.74, 6) is 0.0176. The summed E-state index contributed by atoms with van der Waals surface area (Å²) in [4.78, 5) is 24.6. The number of likely N-dealkylation sites (tertiary alicyclic amines) is 1. The van der Waals surface area contributed by atoms with Crippen molar-refractivity contribution in [2.45, 2.75) is 25.3 Å². The molecule has 2 aliphatic heterocycles. The largest absolute Gasteiger partial charge is 0.384 e. The highest BCUT2D eigenvalue weighted by atomic mass is 16.6. The number of nitro groups is 1. The number of carbonyl (C=O) groups is 1. The molecule has 3 N–H and O–H groups in total. The molecule has 0 aliphatic carbocycles. The van der Waals surface area contributed by atoms with E-state index in [4.69, 9.17) is 0 Å². The van der Waals surface area contributed by atoms with Crippen molar-refractivity contribution < 1.29 is 9.72 Å². The standard InChI is InChI=1S/C16H23N5O3/c1-17-15(22)10-20-8-5-11(6-9-20)19-16-12-4-7-18-13(12)2-3-14(16)21(23)24/h2-3,11,18-19H,4-10H2,1H3,(H,17,22). The van der Waals surface area contributed by atoms with Gasteiger partial charge < -0.3 is 16.0 Å². The van der Waals surface area contributed by atoms with Crippen LogP contribution in [-0.2, 0) is 11.2 Å². The Bertz CT molecular complexity index is 641. The fraction of sp³-hybridized carbons (Fsp3) is 0.562. The minimum Gasteiger partial charge on any atom is -0.384 e. The minimum atomic E-state index is -0.318. The van der Waals surface area contributed by atoms with E-state index in [0.29, 0.717) is 12.2 Å². The zero-order valence-electron chi connectivity index (χ0n) is 13.8. The summed E-state index contributed by atoms with van der Waals surface area (Å²) in [5.41, 5.74) is 2.80. The molecule has 24 heavy (non-hydrogen) atoms. The molecule has 0 unspecified atom stereocenters. The predicted molar refractivity (Wildman–Crippen MR) is 92.4 cm³/mol. The Labute approximate surface area is 140 Å². The zero-order chi connectivity index (χ0) is 17.1. The molecule has 1 fully saturated rings. The number of likely N-dealkylation sites (N-methyl/N-ethyl adjacent to an activating group) is 1. The minimum absolute atomic E-state index is 0.0176. The molecule has 2 aliphatic rings. The molecule has 1 aromatic carbocycles. The van der Waals surface area contributed by atoms with Crippen molar-refractivity contribution in [1.29, 1.82) is 0 Å². The van der Waals surface area contributed by atoms with E-state index in [9.17, 15) is 14.9 Å². The van der Waals surface area contributed by atoms with Crippen LogP contribution in [-0.4, -0.2) is 55.0 Å². The van der Waals surface area contributed by atoms with Crippen LogP contribution in [0.4, 0.5) is 17.1 Å². The topological polar surface area (TPSA) is 99.5 Å². The second-order valence-electron chi connectivity index (χ2n) is 6.29. The van der Waals surface area contributed by atoms with Gasteiger partial charge in [0.15, 0.2) is 0 Å². The average molecular weight is 333 g/mol. The molecule has 0 radical (unpaired) electrons. The van der Waals surface area contributed by atoms with Crippen LogP contribution in [0.5, 0.6) is 0 Å². The van der Waals surface area contributed by atoms with Crippen molar-refractivity contribution in [3.63, 3.8) is 0 Å². The molecule has 0 atom stereocenters. The Morgan fingerprint density at radius 2 is 2.17 bits per heavy atom. The lowest BCUT2D eigenvalue weighted by atomic mass is 10.0. The van der Waals surface area contributed by atoms with Gasteiger partial charge in [-0.25, -0.2) is 0 Å². The van der Waals surface area contributed by atoms with Crippen molar-refractivity contribution in [3.8, 4) is 0 Å². The number of amides is 1. The number of rotatable bonds is 5. The van der Waals surface area contributed by atoms with E-state index >= 15 is 0 Å². The van der Waals surface area contributed by atoms with Crippen molar-refractivity contribution >= 4 is 23.0 Å². The first-order chi connectivity index (χ1) is 11.6. The summed E-state index contributed by atoms with van der Waals surface area (Å²) in [7, 11) is 1.64. The van der Waals surface area contributed by atoms with Gasteiger partial charge in [0.25, 0.3) is 5.69 Å². The average Bonchev–Trinajstić information content (AvgIpc) is 3.05. The van der Waals surface area contributed by atoms with Gasteiger partial charge in [0.2, 0.25) is 5.91 Å². The van der Waals surface area contributed by atoms with Crippen LogP contribution in [0.1, 0.15) is 18.4 Å². The molecule has 0 aromatic heterocycles. The van der Waals surface area contributed by atoms with Crippen molar-refractivity contribution in [2.75, 3.05) is 43.9 Å². The van der Waals surface area contributed by atoms with Crippen LogP contribution >= 0.6 is 0 Å². The van der Waals surface area contributed by atoms with E-state index in [1.54, 1.807) is 19.2 Å². The van der Waals surface area contributed by atoms with E-state index in [-0.39, 0.29) is 22.6 Å². The highest BCUT2D eigenvalue weighted by molar-refractivity contribution is 5.78. The number of nitrogens with zero attached hydrogens (tertiary/aromatic N) is 2. The fourth-order valence-electron chi connectivity index (χ4n) is 3.42. The third kappa shape index (κ3) is 3.43. The van der Waals surface area contributed by atoms with E-state index in [1.165, 1.54) is 0 Å². The second-order valence-corrected chi connectivity index (χ2v) is 6.29. The first kappa shape index (κ1) is 16.5. The van der Waals surface area contributed by atoms with Gasteiger partial charge in [-0.1, -0.05) is 0 Å². The molecule has 8 heteroatoms. The highest BCUT2D eigenvalue weighted by Crippen LogP contribution is 2.37. The van der Waals surface area contributed by atoms with Gasteiger partial charge in [-0.3, -0.25) is 19.8 Å². The number of fused-ring (bicyclic) bond motifs is 1. The maximum Gasteiger partial charge on any atom is 0.292 e. The molecule has 0 bridgehead atoms. The Morgan fingerprint density at radius 1 is 1.42 bits per heavy atom. The number of hydrogen-bond acceptors (Lipinski definition) is 6. The number of benzene rings is 1. The van der Waals surface area contributed by atoms with Gasteiger partial charge in [-0.15, -0.1) is 0 Å². The number of anilines is 2. The molecule has 0 saturated carbocycles. The SMILES string of the molecule is CNC(=O)CN1CCC(Nc2c([N+](=O)[O-])ccc3c2CCN3)CC1. The predicted octanol–water partition coefficient (Wildman–Crippen LogP) is 1.19. The maximum absolute atomic E-state index is 11.4. The summed E-state index contributed by atoms with van der Waals surface area (Å²) in [6.07, 6.45) is 2.53. The monoisotopic (exact) mass is 333 g/mol. The summed E-state index contributed by atoms with van der Waals surface area (Å²) in [6.45, 7) is 2.85. The number of hydrogen-bond donors (Lipinski definition) is 3. The summed E-state index contributed by atoms with van der Waals surface area (Å²) >= 11 is 0. The van der Waals surface area contributed by atoms with Crippen molar-refractivity contribution in [2.24, 2.45) is 0 Å². The molecule has 0 spiro atoms. The van der Waals surface area contributed by atoms with E-state index < -0.39 is 0 Å². The Hall–Kier alpha value is -2.35. The van der Waals surface area contributed by atoms with Crippen LogP contribution in [0.2, 0.25) is 0 Å². The van der Waals surface area contributed by atoms with E-state index in [0.717, 1.165) is 50.1 Å². The van der Waals surface area contributed by atoms with E-state index in [2.05, 4.69) is 20.9 Å². The third-order valence-corrected chi connectivity index (χ3v) is 4.76.